The second-order valence-corrected chi connectivity index (χ2v) is 5.15. The summed E-state index contributed by atoms with van der Waals surface area (Å²) in [5, 5.41) is 22.4. The van der Waals surface area contributed by atoms with Crippen LogP contribution in [0.15, 0.2) is 0 Å². The Bertz CT molecular complexity index is 198. The standard InChI is InChI=1S/C12H23NO2/c14-8-10-4-1-3-9(10)7-13-11-5-2-6-12(11)15/h9-15H,1-8H2. The Kier molecular flexibility index (Phi) is 4.00. The molecule has 0 spiro atoms. The summed E-state index contributed by atoms with van der Waals surface area (Å²) in [7, 11) is 0. The molecule has 2 fully saturated rings. The number of rotatable bonds is 4. The molecule has 2 saturated carbocycles. The van der Waals surface area contributed by atoms with Gasteiger partial charge >= 0.3 is 0 Å². The molecule has 0 amide bonds. The van der Waals surface area contributed by atoms with E-state index in [1.807, 2.05) is 0 Å². The molecule has 0 aromatic rings. The maximum atomic E-state index is 9.67. The van der Waals surface area contributed by atoms with Crippen molar-refractivity contribution in [3.8, 4) is 0 Å². The van der Waals surface area contributed by atoms with Gasteiger partial charge in [-0.3, -0.25) is 0 Å². The van der Waals surface area contributed by atoms with Gasteiger partial charge in [-0.15, -0.1) is 0 Å². The van der Waals surface area contributed by atoms with Crippen LogP contribution in [0.1, 0.15) is 38.5 Å². The Hall–Kier alpha value is -0.120. The van der Waals surface area contributed by atoms with Crippen molar-refractivity contribution in [2.45, 2.75) is 50.7 Å². The average molecular weight is 213 g/mol. The summed E-state index contributed by atoms with van der Waals surface area (Å²) < 4.78 is 0. The van der Waals surface area contributed by atoms with Gasteiger partial charge in [0.1, 0.15) is 0 Å². The Morgan fingerprint density at radius 1 is 1.00 bits per heavy atom. The highest BCUT2D eigenvalue weighted by Gasteiger charge is 2.29. The van der Waals surface area contributed by atoms with E-state index in [0.717, 1.165) is 25.8 Å². The van der Waals surface area contributed by atoms with Crippen LogP contribution in [0.5, 0.6) is 0 Å². The van der Waals surface area contributed by atoms with Crippen LogP contribution in [0.3, 0.4) is 0 Å². The molecule has 2 aliphatic carbocycles. The number of aliphatic hydroxyl groups is 2. The smallest absolute Gasteiger partial charge is 0.0693 e. The van der Waals surface area contributed by atoms with Crippen molar-refractivity contribution >= 4 is 0 Å². The van der Waals surface area contributed by atoms with Gasteiger partial charge in [0.15, 0.2) is 0 Å². The highest BCUT2D eigenvalue weighted by atomic mass is 16.3. The molecule has 3 nitrogen and oxygen atoms in total. The number of hydrogen-bond acceptors (Lipinski definition) is 3. The molecule has 0 heterocycles. The van der Waals surface area contributed by atoms with Gasteiger partial charge in [0.25, 0.3) is 0 Å². The maximum Gasteiger partial charge on any atom is 0.0693 e. The first-order valence-corrected chi connectivity index (χ1v) is 6.33. The molecule has 0 saturated heterocycles. The Balaban J connectivity index is 1.72. The lowest BCUT2D eigenvalue weighted by molar-refractivity contribution is 0.140. The summed E-state index contributed by atoms with van der Waals surface area (Å²) >= 11 is 0. The minimum Gasteiger partial charge on any atom is -0.396 e. The van der Waals surface area contributed by atoms with Crippen LogP contribution >= 0.6 is 0 Å². The van der Waals surface area contributed by atoms with E-state index in [-0.39, 0.29) is 6.10 Å². The normalized spacial score (nSPS) is 41.2. The zero-order chi connectivity index (χ0) is 10.7. The van der Waals surface area contributed by atoms with Crippen LogP contribution in [-0.2, 0) is 0 Å². The number of hydrogen-bond donors (Lipinski definition) is 3. The van der Waals surface area contributed by atoms with E-state index in [1.165, 1.54) is 19.3 Å². The van der Waals surface area contributed by atoms with E-state index < -0.39 is 0 Å². The third-order valence-electron chi connectivity index (χ3n) is 4.17. The van der Waals surface area contributed by atoms with E-state index in [0.29, 0.717) is 24.5 Å². The van der Waals surface area contributed by atoms with Crippen molar-refractivity contribution in [1.29, 1.82) is 0 Å². The molecule has 0 bridgehead atoms. The van der Waals surface area contributed by atoms with E-state index in [4.69, 9.17) is 0 Å². The Morgan fingerprint density at radius 3 is 2.40 bits per heavy atom. The van der Waals surface area contributed by atoms with Gasteiger partial charge < -0.3 is 15.5 Å². The van der Waals surface area contributed by atoms with E-state index >= 15 is 0 Å². The van der Waals surface area contributed by atoms with Crippen LogP contribution < -0.4 is 5.32 Å². The predicted molar refractivity (Wildman–Crippen MR) is 59.6 cm³/mol. The summed E-state index contributed by atoms with van der Waals surface area (Å²) in [6.07, 6.45) is 6.73. The minimum atomic E-state index is -0.140. The monoisotopic (exact) mass is 213 g/mol. The zero-order valence-corrected chi connectivity index (χ0v) is 9.36. The Morgan fingerprint density at radius 2 is 1.73 bits per heavy atom. The highest BCUT2D eigenvalue weighted by molar-refractivity contribution is 4.85. The molecule has 4 atom stereocenters. The van der Waals surface area contributed by atoms with E-state index in [9.17, 15) is 10.2 Å². The molecular weight excluding hydrogens is 190 g/mol. The van der Waals surface area contributed by atoms with Gasteiger partial charge in [-0.2, -0.15) is 0 Å². The van der Waals surface area contributed by atoms with Crippen LogP contribution in [0.2, 0.25) is 0 Å². The second kappa shape index (κ2) is 5.28. The molecule has 2 aliphatic rings. The number of nitrogens with one attached hydrogen (secondary N) is 1. The average Bonchev–Trinajstić information content (AvgIpc) is 2.83. The molecule has 3 heteroatoms. The van der Waals surface area contributed by atoms with Crippen LogP contribution in [-0.4, -0.2) is 35.5 Å². The Labute approximate surface area is 91.9 Å². The SMILES string of the molecule is OCC1CCCC1CNC1CCCC1O. The molecular formula is C12H23NO2. The molecule has 3 N–H and O–H groups in total. The lowest BCUT2D eigenvalue weighted by Gasteiger charge is -2.22. The molecule has 0 radical (unpaired) electrons. The summed E-state index contributed by atoms with van der Waals surface area (Å²) in [4.78, 5) is 0. The molecule has 15 heavy (non-hydrogen) atoms. The van der Waals surface area contributed by atoms with Gasteiger partial charge in [0.2, 0.25) is 0 Å². The molecule has 4 unspecified atom stereocenters. The first-order chi connectivity index (χ1) is 7.31. The summed E-state index contributed by atoms with van der Waals surface area (Å²) in [6.45, 7) is 1.31. The van der Waals surface area contributed by atoms with Crippen molar-refractivity contribution in [2.24, 2.45) is 11.8 Å². The van der Waals surface area contributed by atoms with Crippen LogP contribution in [0.4, 0.5) is 0 Å². The maximum absolute atomic E-state index is 9.67. The fraction of sp³-hybridized carbons (Fsp3) is 1.00. The van der Waals surface area contributed by atoms with Gasteiger partial charge in [-0.05, 0) is 50.5 Å². The zero-order valence-electron chi connectivity index (χ0n) is 9.36. The second-order valence-electron chi connectivity index (χ2n) is 5.15. The fourth-order valence-electron chi connectivity index (χ4n) is 3.10. The van der Waals surface area contributed by atoms with Gasteiger partial charge in [-0.25, -0.2) is 0 Å². The summed E-state index contributed by atoms with van der Waals surface area (Å²) in [5.41, 5.74) is 0. The van der Waals surface area contributed by atoms with Crippen LogP contribution in [0.25, 0.3) is 0 Å². The van der Waals surface area contributed by atoms with Gasteiger partial charge in [0.05, 0.1) is 6.10 Å². The quantitative estimate of drug-likeness (QED) is 0.650. The summed E-state index contributed by atoms with van der Waals surface area (Å²) in [6, 6.07) is 0.310. The van der Waals surface area contributed by atoms with E-state index in [2.05, 4.69) is 5.32 Å². The first-order valence-electron chi connectivity index (χ1n) is 6.33. The predicted octanol–water partition coefficient (Wildman–Crippen LogP) is 0.898. The van der Waals surface area contributed by atoms with Crippen molar-refractivity contribution in [1.82, 2.24) is 5.32 Å². The number of aliphatic hydroxyl groups excluding tert-OH is 2. The van der Waals surface area contributed by atoms with Crippen LogP contribution in [0, 0.1) is 11.8 Å². The van der Waals surface area contributed by atoms with Crippen molar-refractivity contribution < 1.29 is 10.2 Å². The lowest BCUT2D eigenvalue weighted by atomic mass is 9.96. The van der Waals surface area contributed by atoms with E-state index in [1.54, 1.807) is 0 Å². The van der Waals surface area contributed by atoms with Gasteiger partial charge in [-0.1, -0.05) is 6.42 Å². The highest BCUT2D eigenvalue weighted by Crippen LogP contribution is 2.31. The van der Waals surface area contributed by atoms with Gasteiger partial charge in [0, 0.05) is 12.6 Å². The van der Waals surface area contributed by atoms with Crippen molar-refractivity contribution in [3.63, 3.8) is 0 Å². The molecule has 0 aromatic heterocycles. The third kappa shape index (κ3) is 2.71. The van der Waals surface area contributed by atoms with Crippen molar-refractivity contribution in [2.75, 3.05) is 13.2 Å². The molecule has 0 aromatic carbocycles. The first kappa shape index (κ1) is 11.4. The summed E-state index contributed by atoms with van der Waals surface area (Å²) in [5.74, 6) is 1.12. The molecule has 2 rings (SSSR count). The topological polar surface area (TPSA) is 52.5 Å². The largest absolute Gasteiger partial charge is 0.396 e. The third-order valence-corrected chi connectivity index (χ3v) is 4.17. The molecule has 88 valence electrons. The minimum absolute atomic E-state index is 0.140. The fourth-order valence-corrected chi connectivity index (χ4v) is 3.10. The lowest BCUT2D eigenvalue weighted by Crippen LogP contribution is -2.39. The molecule has 0 aliphatic heterocycles. The van der Waals surface area contributed by atoms with Crippen molar-refractivity contribution in [3.05, 3.63) is 0 Å².